The van der Waals surface area contributed by atoms with Crippen LogP contribution in [0.2, 0.25) is 0 Å². The standard InChI is InChI=1S/C16H25N3O3S/c1-23(21,22)18-12-15-9-5-6-10-19(15)13-16(20)17-11-14-7-3-2-4-8-14/h2-4,7-8,15,18H,5-6,9-13H2,1H3,(H,17,20). The van der Waals surface area contributed by atoms with Gasteiger partial charge in [-0.2, -0.15) is 0 Å². The summed E-state index contributed by atoms with van der Waals surface area (Å²) < 4.78 is 25.1. The maximum Gasteiger partial charge on any atom is 0.234 e. The van der Waals surface area contributed by atoms with Gasteiger partial charge in [-0.1, -0.05) is 36.8 Å². The van der Waals surface area contributed by atoms with Gasteiger partial charge in [-0.05, 0) is 24.9 Å². The normalized spacial score (nSPS) is 19.4. The molecule has 0 spiro atoms. The predicted molar refractivity (Wildman–Crippen MR) is 90.3 cm³/mol. The van der Waals surface area contributed by atoms with Gasteiger partial charge >= 0.3 is 0 Å². The number of amides is 1. The van der Waals surface area contributed by atoms with Crippen molar-refractivity contribution in [3.63, 3.8) is 0 Å². The van der Waals surface area contributed by atoms with Crippen molar-refractivity contribution in [3.8, 4) is 0 Å². The molecule has 1 heterocycles. The largest absolute Gasteiger partial charge is 0.351 e. The second-order valence-corrected chi connectivity index (χ2v) is 7.84. The molecule has 1 amide bonds. The Labute approximate surface area is 138 Å². The first kappa shape index (κ1) is 17.9. The Hall–Kier alpha value is -1.44. The lowest BCUT2D eigenvalue weighted by Gasteiger charge is -2.35. The third-order valence-electron chi connectivity index (χ3n) is 4.01. The Bertz CT molecular complexity index is 604. The Morgan fingerprint density at radius 1 is 1.26 bits per heavy atom. The summed E-state index contributed by atoms with van der Waals surface area (Å²) >= 11 is 0. The Balaban J connectivity index is 1.82. The molecular weight excluding hydrogens is 314 g/mol. The van der Waals surface area contributed by atoms with Gasteiger partial charge in [-0.15, -0.1) is 0 Å². The number of sulfonamides is 1. The quantitative estimate of drug-likeness (QED) is 0.767. The van der Waals surface area contributed by atoms with Crippen molar-refractivity contribution in [2.45, 2.75) is 31.8 Å². The summed E-state index contributed by atoms with van der Waals surface area (Å²) in [5.74, 6) is -0.0277. The van der Waals surface area contributed by atoms with Crippen LogP contribution in [0.5, 0.6) is 0 Å². The van der Waals surface area contributed by atoms with Crippen molar-refractivity contribution >= 4 is 15.9 Å². The molecule has 0 saturated carbocycles. The SMILES string of the molecule is CS(=O)(=O)NCC1CCCCN1CC(=O)NCc1ccccc1. The third-order valence-corrected chi connectivity index (χ3v) is 4.70. The van der Waals surface area contributed by atoms with E-state index in [1.807, 2.05) is 30.3 Å². The molecule has 2 rings (SSSR count). The van der Waals surface area contributed by atoms with Crippen LogP contribution >= 0.6 is 0 Å². The van der Waals surface area contributed by atoms with Crippen molar-refractivity contribution in [2.24, 2.45) is 0 Å². The van der Waals surface area contributed by atoms with Gasteiger partial charge in [0.15, 0.2) is 0 Å². The minimum Gasteiger partial charge on any atom is -0.351 e. The van der Waals surface area contributed by atoms with E-state index in [1.165, 1.54) is 0 Å². The maximum atomic E-state index is 12.1. The predicted octanol–water partition coefficient (Wildman–Crippen LogP) is 0.707. The number of nitrogens with one attached hydrogen (secondary N) is 2. The molecule has 6 nitrogen and oxygen atoms in total. The molecule has 0 radical (unpaired) electrons. The highest BCUT2D eigenvalue weighted by molar-refractivity contribution is 7.88. The zero-order chi connectivity index (χ0) is 16.7. The molecule has 1 aromatic carbocycles. The number of benzene rings is 1. The van der Waals surface area contributed by atoms with E-state index in [4.69, 9.17) is 0 Å². The van der Waals surface area contributed by atoms with Crippen LogP contribution in [0.1, 0.15) is 24.8 Å². The number of rotatable bonds is 7. The molecule has 0 aliphatic carbocycles. The number of nitrogens with zero attached hydrogens (tertiary/aromatic N) is 1. The van der Waals surface area contributed by atoms with Crippen LogP contribution in [0.25, 0.3) is 0 Å². The number of hydrogen-bond acceptors (Lipinski definition) is 4. The summed E-state index contributed by atoms with van der Waals surface area (Å²) in [7, 11) is -3.20. The second kappa shape index (κ2) is 8.42. The highest BCUT2D eigenvalue weighted by atomic mass is 32.2. The smallest absolute Gasteiger partial charge is 0.234 e. The van der Waals surface area contributed by atoms with Crippen molar-refractivity contribution in [2.75, 3.05) is 25.9 Å². The lowest BCUT2D eigenvalue weighted by atomic mass is 10.0. The minimum absolute atomic E-state index is 0.0277. The third kappa shape index (κ3) is 6.68. The molecule has 2 N–H and O–H groups in total. The fourth-order valence-electron chi connectivity index (χ4n) is 2.78. The molecule has 0 bridgehead atoms. The highest BCUT2D eigenvalue weighted by Gasteiger charge is 2.24. The number of carbonyl (C=O) groups is 1. The summed E-state index contributed by atoms with van der Waals surface area (Å²) in [6, 6.07) is 9.86. The Morgan fingerprint density at radius 3 is 2.70 bits per heavy atom. The van der Waals surface area contributed by atoms with Crippen molar-refractivity contribution < 1.29 is 13.2 Å². The first-order chi connectivity index (χ1) is 10.9. The molecule has 7 heteroatoms. The van der Waals surface area contributed by atoms with E-state index in [0.717, 1.165) is 37.6 Å². The van der Waals surface area contributed by atoms with Crippen molar-refractivity contribution in [1.29, 1.82) is 0 Å². The highest BCUT2D eigenvalue weighted by Crippen LogP contribution is 2.16. The molecule has 1 fully saturated rings. The average Bonchev–Trinajstić information content (AvgIpc) is 2.52. The second-order valence-electron chi connectivity index (χ2n) is 6.00. The summed E-state index contributed by atoms with van der Waals surface area (Å²) in [5.41, 5.74) is 1.06. The molecular formula is C16H25N3O3S. The zero-order valence-electron chi connectivity index (χ0n) is 13.5. The molecule has 1 unspecified atom stereocenters. The van der Waals surface area contributed by atoms with Crippen LogP contribution in [-0.2, 0) is 21.4 Å². The van der Waals surface area contributed by atoms with E-state index in [-0.39, 0.29) is 11.9 Å². The molecule has 1 aliphatic heterocycles. The number of piperidine rings is 1. The van der Waals surface area contributed by atoms with Gasteiger partial charge in [-0.25, -0.2) is 13.1 Å². The van der Waals surface area contributed by atoms with Crippen LogP contribution in [0, 0.1) is 0 Å². The first-order valence-corrected chi connectivity index (χ1v) is 9.82. The van der Waals surface area contributed by atoms with E-state index in [1.54, 1.807) is 0 Å². The zero-order valence-corrected chi connectivity index (χ0v) is 14.3. The summed E-state index contributed by atoms with van der Waals surface area (Å²) in [5, 5.41) is 2.92. The minimum atomic E-state index is -3.20. The van der Waals surface area contributed by atoms with E-state index >= 15 is 0 Å². The summed E-state index contributed by atoms with van der Waals surface area (Å²) in [4.78, 5) is 14.2. The van der Waals surface area contributed by atoms with Gasteiger partial charge in [0, 0.05) is 19.1 Å². The van der Waals surface area contributed by atoms with Crippen LogP contribution in [0.3, 0.4) is 0 Å². The van der Waals surface area contributed by atoms with E-state index in [2.05, 4.69) is 14.9 Å². The summed E-state index contributed by atoms with van der Waals surface area (Å²) in [6.45, 7) is 2.02. The molecule has 0 aromatic heterocycles. The molecule has 1 atom stereocenters. The van der Waals surface area contributed by atoms with Gasteiger partial charge in [0.1, 0.15) is 0 Å². The molecule has 23 heavy (non-hydrogen) atoms. The van der Waals surface area contributed by atoms with E-state index in [0.29, 0.717) is 19.6 Å². The lowest BCUT2D eigenvalue weighted by molar-refractivity contribution is -0.123. The summed E-state index contributed by atoms with van der Waals surface area (Å²) in [6.07, 6.45) is 4.18. The number of likely N-dealkylation sites (tertiary alicyclic amines) is 1. The van der Waals surface area contributed by atoms with Gasteiger partial charge in [0.2, 0.25) is 15.9 Å². The maximum absolute atomic E-state index is 12.1. The van der Waals surface area contributed by atoms with Gasteiger partial charge < -0.3 is 5.32 Å². The van der Waals surface area contributed by atoms with Crippen LogP contribution in [0.4, 0.5) is 0 Å². The first-order valence-electron chi connectivity index (χ1n) is 7.93. The van der Waals surface area contributed by atoms with E-state index < -0.39 is 10.0 Å². The van der Waals surface area contributed by atoms with Crippen molar-refractivity contribution in [3.05, 3.63) is 35.9 Å². The Kier molecular flexibility index (Phi) is 6.56. The van der Waals surface area contributed by atoms with Crippen LogP contribution in [-0.4, -0.2) is 51.2 Å². The molecule has 128 valence electrons. The lowest BCUT2D eigenvalue weighted by Crippen LogP contribution is -2.50. The topological polar surface area (TPSA) is 78.5 Å². The van der Waals surface area contributed by atoms with Gasteiger partial charge in [0.25, 0.3) is 0 Å². The average molecular weight is 339 g/mol. The monoisotopic (exact) mass is 339 g/mol. The molecule has 1 saturated heterocycles. The van der Waals surface area contributed by atoms with Crippen LogP contribution < -0.4 is 10.0 Å². The number of carbonyl (C=O) groups excluding carboxylic acids is 1. The molecule has 1 aromatic rings. The van der Waals surface area contributed by atoms with Crippen molar-refractivity contribution in [1.82, 2.24) is 14.9 Å². The van der Waals surface area contributed by atoms with Gasteiger partial charge in [-0.3, -0.25) is 9.69 Å². The van der Waals surface area contributed by atoms with Gasteiger partial charge in [0.05, 0.1) is 12.8 Å². The Morgan fingerprint density at radius 2 is 2.00 bits per heavy atom. The van der Waals surface area contributed by atoms with Crippen LogP contribution in [0.15, 0.2) is 30.3 Å². The fraction of sp³-hybridized carbons (Fsp3) is 0.562. The van der Waals surface area contributed by atoms with E-state index in [9.17, 15) is 13.2 Å². The number of hydrogen-bond donors (Lipinski definition) is 2. The molecule has 1 aliphatic rings. The fourth-order valence-corrected chi connectivity index (χ4v) is 3.28.